The number of nitrogens with one attached hydrogen (secondary N) is 1. The van der Waals surface area contributed by atoms with Crippen molar-refractivity contribution in [3.05, 3.63) is 45.9 Å². The van der Waals surface area contributed by atoms with Crippen LogP contribution < -0.4 is 5.32 Å². The molecule has 0 saturated heterocycles. The number of phenols is 1. The van der Waals surface area contributed by atoms with Crippen molar-refractivity contribution < 1.29 is 5.11 Å². The van der Waals surface area contributed by atoms with E-state index >= 15 is 0 Å². The molecule has 0 saturated carbocycles. The number of nitrogens with zero attached hydrogens (tertiary/aromatic N) is 1. The Kier molecular flexibility index (Phi) is 3.54. The second-order valence-electron chi connectivity index (χ2n) is 3.63. The zero-order chi connectivity index (χ0) is 11.4. The minimum atomic E-state index is 0.305. The van der Waals surface area contributed by atoms with Gasteiger partial charge in [-0.2, -0.15) is 0 Å². The Labute approximate surface area is 98.8 Å². The molecule has 2 aromatic rings. The van der Waals surface area contributed by atoms with Gasteiger partial charge in [0.15, 0.2) is 0 Å². The van der Waals surface area contributed by atoms with Crippen LogP contribution in [0.5, 0.6) is 5.75 Å². The van der Waals surface area contributed by atoms with Crippen LogP contribution in [0.1, 0.15) is 15.4 Å². The predicted octanol–water partition coefficient (Wildman–Crippen LogP) is 2.45. The van der Waals surface area contributed by atoms with Gasteiger partial charge in [-0.15, -0.1) is 11.3 Å². The fourth-order valence-electron chi connectivity index (χ4n) is 1.41. The Morgan fingerprint density at radius 1 is 1.25 bits per heavy atom. The van der Waals surface area contributed by atoms with Gasteiger partial charge in [-0.3, -0.25) is 0 Å². The highest BCUT2D eigenvalue weighted by Crippen LogP contribution is 2.12. The molecule has 16 heavy (non-hydrogen) atoms. The summed E-state index contributed by atoms with van der Waals surface area (Å²) in [7, 11) is 0. The summed E-state index contributed by atoms with van der Waals surface area (Å²) in [5.74, 6) is 0.305. The fraction of sp³-hybridized carbons (Fsp3) is 0.250. The largest absolute Gasteiger partial charge is 0.508 e. The molecule has 0 atom stereocenters. The molecule has 2 rings (SSSR count). The number of phenolic OH excluding ortho intramolecular Hbond substituents is 1. The number of aromatic hydroxyl groups is 1. The Morgan fingerprint density at radius 2 is 2.00 bits per heavy atom. The second-order valence-corrected chi connectivity index (χ2v) is 4.95. The summed E-state index contributed by atoms with van der Waals surface area (Å²) in [6.07, 6.45) is 1.89. The van der Waals surface area contributed by atoms with Crippen molar-refractivity contribution in [1.82, 2.24) is 10.3 Å². The molecule has 2 N–H and O–H groups in total. The first-order chi connectivity index (χ1) is 7.74. The molecular formula is C12H14N2OS. The molecule has 4 heteroatoms. The van der Waals surface area contributed by atoms with Gasteiger partial charge in [0.1, 0.15) is 10.8 Å². The third-order valence-electron chi connectivity index (χ3n) is 2.21. The van der Waals surface area contributed by atoms with E-state index in [0.29, 0.717) is 5.75 Å². The molecule has 0 bridgehead atoms. The molecule has 0 aliphatic rings. The molecular weight excluding hydrogens is 220 g/mol. The summed E-state index contributed by atoms with van der Waals surface area (Å²) >= 11 is 1.71. The zero-order valence-corrected chi connectivity index (χ0v) is 9.92. The lowest BCUT2D eigenvalue weighted by Crippen LogP contribution is -2.12. The van der Waals surface area contributed by atoms with E-state index in [2.05, 4.69) is 17.2 Å². The fourth-order valence-corrected chi connectivity index (χ4v) is 2.17. The molecule has 0 unspecified atom stereocenters. The molecule has 0 fully saturated rings. The number of aryl methyl sites for hydroxylation is 1. The van der Waals surface area contributed by atoms with Crippen LogP contribution in [-0.2, 0) is 13.1 Å². The lowest BCUT2D eigenvalue weighted by molar-refractivity contribution is 0.475. The van der Waals surface area contributed by atoms with Crippen LogP contribution >= 0.6 is 11.3 Å². The van der Waals surface area contributed by atoms with Crippen molar-refractivity contribution in [2.45, 2.75) is 20.0 Å². The van der Waals surface area contributed by atoms with E-state index in [-0.39, 0.29) is 0 Å². The van der Waals surface area contributed by atoms with E-state index < -0.39 is 0 Å². The van der Waals surface area contributed by atoms with E-state index in [1.165, 1.54) is 4.88 Å². The molecule has 1 aromatic heterocycles. The van der Waals surface area contributed by atoms with Crippen molar-refractivity contribution in [2.24, 2.45) is 0 Å². The normalized spacial score (nSPS) is 10.6. The SMILES string of the molecule is Cc1cnc(CNCc2ccc(O)cc2)s1. The lowest BCUT2D eigenvalue weighted by Gasteiger charge is -2.02. The second kappa shape index (κ2) is 5.09. The van der Waals surface area contributed by atoms with E-state index in [1.54, 1.807) is 23.5 Å². The summed E-state index contributed by atoms with van der Waals surface area (Å²) in [6, 6.07) is 7.22. The molecule has 0 aliphatic carbocycles. The van der Waals surface area contributed by atoms with Crippen molar-refractivity contribution >= 4 is 11.3 Å². The van der Waals surface area contributed by atoms with Gasteiger partial charge in [0.2, 0.25) is 0 Å². The zero-order valence-electron chi connectivity index (χ0n) is 9.10. The molecule has 0 radical (unpaired) electrons. The Bertz CT molecular complexity index is 450. The predicted molar refractivity (Wildman–Crippen MR) is 65.5 cm³/mol. The Morgan fingerprint density at radius 3 is 2.62 bits per heavy atom. The summed E-state index contributed by atoms with van der Waals surface area (Å²) in [4.78, 5) is 5.51. The highest BCUT2D eigenvalue weighted by atomic mass is 32.1. The first kappa shape index (κ1) is 11.1. The summed E-state index contributed by atoms with van der Waals surface area (Å²) in [5, 5.41) is 13.6. The summed E-state index contributed by atoms with van der Waals surface area (Å²) in [6.45, 7) is 3.64. The number of thiazole rings is 1. The Hall–Kier alpha value is -1.39. The van der Waals surface area contributed by atoms with E-state index in [1.807, 2.05) is 18.3 Å². The summed E-state index contributed by atoms with van der Waals surface area (Å²) < 4.78 is 0. The van der Waals surface area contributed by atoms with Crippen molar-refractivity contribution in [3.63, 3.8) is 0 Å². The monoisotopic (exact) mass is 234 g/mol. The first-order valence-corrected chi connectivity index (χ1v) is 5.95. The molecule has 0 amide bonds. The number of rotatable bonds is 4. The minimum absolute atomic E-state index is 0.305. The first-order valence-electron chi connectivity index (χ1n) is 5.14. The maximum absolute atomic E-state index is 9.13. The third kappa shape index (κ3) is 3.05. The third-order valence-corrected chi connectivity index (χ3v) is 3.12. The maximum Gasteiger partial charge on any atom is 0.115 e. The molecule has 1 heterocycles. The topological polar surface area (TPSA) is 45.2 Å². The van der Waals surface area contributed by atoms with Gasteiger partial charge in [-0.25, -0.2) is 4.98 Å². The quantitative estimate of drug-likeness (QED) is 0.854. The number of benzene rings is 1. The van der Waals surface area contributed by atoms with Gasteiger partial charge in [0, 0.05) is 24.2 Å². The van der Waals surface area contributed by atoms with Gasteiger partial charge in [-0.1, -0.05) is 12.1 Å². The van der Waals surface area contributed by atoms with E-state index in [0.717, 1.165) is 23.7 Å². The van der Waals surface area contributed by atoms with E-state index in [4.69, 9.17) is 5.11 Å². The lowest BCUT2D eigenvalue weighted by atomic mass is 10.2. The van der Waals surface area contributed by atoms with Crippen LogP contribution in [-0.4, -0.2) is 10.1 Å². The molecule has 1 aromatic carbocycles. The smallest absolute Gasteiger partial charge is 0.115 e. The molecule has 3 nitrogen and oxygen atoms in total. The Balaban J connectivity index is 1.82. The van der Waals surface area contributed by atoms with Crippen LogP contribution in [0.4, 0.5) is 0 Å². The van der Waals surface area contributed by atoms with Gasteiger partial charge < -0.3 is 10.4 Å². The molecule has 0 spiro atoms. The van der Waals surface area contributed by atoms with Crippen LogP contribution in [0.2, 0.25) is 0 Å². The standard InChI is InChI=1S/C12H14N2OS/c1-9-6-14-12(16-9)8-13-7-10-2-4-11(15)5-3-10/h2-6,13,15H,7-8H2,1H3. The van der Waals surface area contributed by atoms with Gasteiger partial charge >= 0.3 is 0 Å². The number of hydrogen-bond acceptors (Lipinski definition) is 4. The van der Waals surface area contributed by atoms with Crippen LogP contribution in [0.25, 0.3) is 0 Å². The molecule has 84 valence electrons. The van der Waals surface area contributed by atoms with Crippen molar-refractivity contribution in [1.29, 1.82) is 0 Å². The highest BCUT2D eigenvalue weighted by molar-refractivity contribution is 7.11. The van der Waals surface area contributed by atoms with Crippen molar-refractivity contribution in [3.8, 4) is 5.75 Å². The average Bonchev–Trinajstić information content (AvgIpc) is 2.67. The van der Waals surface area contributed by atoms with Gasteiger partial charge in [-0.05, 0) is 24.6 Å². The van der Waals surface area contributed by atoms with Gasteiger partial charge in [0.05, 0.1) is 0 Å². The van der Waals surface area contributed by atoms with E-state index in [9.17, 15) is 0 Å². The van der Waals surface area contributed by atoms with Crippen LogP contribution in [0.3, 0.4) is 0 Å². The van der Waals surface area contributed by atoms with Crippen LogP contribution in [0, 0.1) is 6.92 Å². The average molecular weight is 234 g/mol. The maximum atomic E-state index is 9.13. The van der Waals surface area contributed by atoms with Gasteiger partial charge in [0.25, 0.3) is 0 Å². The number of hydrogen-bond donors (Lipinski definition) is 2. The number of aromatic nitrogens is 1. The highest BCUT2D eigenvalue weighted by Gasteiger charge is 1.98. The minimum Gasteiger partial charge on any atom is -0.508 e. The molecule has 0 aliphatic heterocycles. The van der Waals surface area contributed by atoms with Crippen LogP contribution in [0.15, 0.2) is 30.5 Å². The van der Waals surface area contributed by atoms with Crippen molar-refractivity contribution in [2.75, 3.05) is 0 Å². The summed E-state index contributed by atoms with van der Waals surface area (Å²) in [5.41, 5.74) is 1.16.